The molecule has 0 saturated carbocycles. The maximum atomic E-state index is 13.3. The van der Waals surface area contributed by atoms with Gasteiger partial charge >= 0.3 is 0 Å². The van der Waals surface area contributed by atoms with Gasteiger partial charge in [0.25, 0.3) is 5.91 Å². The van der Waals surface area contributed by atoms with E-state index in [0.29, 0.717) is 10.7 Å². The molecule has 0 radical (unpaired) electrons. The average Bonchev–Trinajstić information content (AvgIpc) is 3.15. The molecule has 0 aliphatic rings. The molecule has 4 nitrogen and oxygen atoms in total. The molecule has 0 spiro atoms. The summed E-state index contributed by atoms with van der Waals surface area (Å²) >= 11 is 1.47. The van der Waals surface area contributed by atoms with Crippen molar-refractivity contribution in [3.05, 3.63) is 89.5 Å². The predicted octanol–water partition coefficient (Wildman–Crippen LogP) is 6.38. The van der Waals surface area contributed by atoms with Crippen molar-refractivity contribution in [2.75, 3.05) is 5.32 Å². The maximum Gasteiger partial charge on any atom is 0.258 e. The van der Waals surface area contributed by atoms with E-state index in [1.54, 1.807) is 0 Å². The van der Waals surface area contributed by atoms with Gasteiger partial charge in [-0.2, -0.15) is 0 Å². The Morgan fingerprint density at radius 1 is 0.867 bits per heavy atom. The fraction of sp³-hybridized carbons (Fsp3) is 0.0800. The second-order valence-corrected chi connectivity index (χ2v) is 8.36. The number of pyridine rings is 1. The minimum Gasteiger partial charge on any atom is -0.298 e. The summed E-state index contributed by atoms with van der Waals surface area (Å²) in [6.07, 6.45) is 0. The first-order valence-corrected chi connectivity index (χ1v) is 10.5. The van der Waals surface area contributed by atoms with E-state index in [1.165, 1.54) is 16.9 Å². The molecule has 0 fully saturated rings. The van der Waals surface area contributed by atoms with Crippen LogP contribution >= 0.6 is 11.3 Å². The SMILES string of the molecule is Cc1ccc(-c2cc(C(=O)Nc3nc4ccccc4s3)c3ccccc3n2)c(C)c1. The van der Waals surface area contributed by atoms with Crippen molar-refractivity contribution >= 4 is 43.5 Å². The van der Waals surface area contributed by atoms with Crippen LogP contribution < -0.4 is 5.32 Å². The summed E-state index contributed by atoms with van der Waals surface area (Å²) in [4.78, 5) is 22.6. The highest BCUT2D eigenvalue weighted by Crippen LogP contribution is 2.30. The summed E-state index contributed by atoms with van der Waals surface area (Å²) in [5, 5.41) is 4.40. The first-order chi connectivity index (χ1) is 14.6. The van der Waals surface area contributed by atoms with E-state index in [-0.39, 0.29) is 5.91 Å². The molecule has 0 saturated heterocycles. The van der Waals surface area contributed by atoms with Crippen LogP contribution in [0.25, 0.3) is 32.4 Å². The number of fused-ring (bicyclic) bond motifs is 2. The van der Waals surface area contributed by atoms with Gasteiger partial charge in [0.05, 0.1) is 27.0 Å². The molecule has 1 amide bonds. The lowest BCUT2D eigenvalue weighted by Gasteiger charge is -2.11. The summed E-state index contributed by atoms with van der Waals surface area (Å²) in [5.41, 5.74) is 6.43. The number of aryl methyl sites for hydroxylation is 2. The number of carbonyl (C=O) groups excluding carboxylic acids is 1. The highest BCUT2D eigenvalue weighted by atomic mass is 32.1. The summed E-state index contributed by atoms with van der Waals surface area (Å²) in [5.74, 6) is -0.182. The van der Waals surface area contributed by atoms with Gasteiger partial charge in [0.15, 0.2) is 5.13 Å². The summed E-state index contributed by atoms with van der Waals surface area (Å²) in [6.45, 7) is 4.14. The van der Waals surface area contributed by atoms with E-state index in [0.717, 1.165) is 37.9 Å². The largest absolute Gasteiger partial charge is 0.298 e. The molecule has 2 aromatic heterocycles. The molecule has 5 aromatic rings. The number of aromatic nitrogens is 2. The van der Waals surface area contributed by atoms with E-state index in [9.17, 15) is 4.79 Å². The van der Waals surface area contributed by atoms with Crippen molar-refractivity contribution in [3.63, 3.8) is 0 Å². The molecule has 0 bridgehead atoms. The number of hydrogen-bond donors (Lipinski definition) is 1. The van der Waals surface area contributed by atoms with Gasteiger partial charge in [0.2, 0.25) is 0 Å². The first kappa shape index (κ1) is 18.5. The smallest absolute Gasteiger partial charge is 0.258 e. The van der Waals surface area contributed by atoms with Crippen molar-refractivity contribution < 1.29 is 4.79 Å². The normalized spacial score (nSPS) is 11.1. The topological polar surface area (TPSA) is 54.9 Å². The van der Waals surface area contributed by atoms with Crippen LogP contribution in [0.5, 0.6) is 0 Å². The molecule has 5 rings (SSSR count). The van der Waals surface area contributed by atoms with Crippen LogP contribution in [0, 0.1) is 13.8 Å². The van der Waals surface area contributed by atoms with E-state index < -0.39 is 0 Å². The summed E-state index contributed by atoms with van der Waals surface area (Å²) in [7, 11) is 0. The first-order valence-electron chi connectivity index (χ1n) is 9.73. The molecular weight excluding hydrogens is 390 g/mol. The van der Waals surface area contributed by atoms with Crippen LogP contribution in [-0.2, 0) is 0 Å². The zero-order chi connectivity index (χ0) is 20.7. The van der Waals surface area contributed by atoms with Gasteiger partial charge in [-0.1, -0.05) is 65.4 Å². The minimum atomic E-state index is -0.182. The molecule has 0 atom stereocenters. The number of carbonyl (C=O) groups is 1. The minimum absolute atomic E-state index is 0.182. The number of amides is 1. The molecule has 2 heterocycles. The molecule has 0 aliphatic heterocycles. The molecule has 146 valence electrons. The summed E-state index contributed by atoms with van der Waals surface area (Å²) < 4.78 is 1.04. The average molecular weight is 410 g/mol. The fourth-order valence-electron chi connectivity index (χ4n) is 3.69. The fourth-order valence-corrected chi connectivity index (χ4v) is 4.55. The molecule has 5 heteroatoms. The van der Waals surface area contributed by atoms with Gasteiger partial charge in [-0.05, 0) is 43.7 Å². The summed E-state index contributed by atoms with van der Waals surface area (Å²) in [6, 6.07) is 23.7. The van der Waals surface area contributed by atoms with Crippen LogP contribution in [0.3, 0.4) is 0 Å². The van der Waals surface area contributed by atoms with Gasteiger partial charge in [0.1, 0.15) is 0 Å². The van der Waals surface area contributed by atoms with Crippen molar-refractivity contribution in [2.45, 2.75) is 13.8 Å². The van der Waals surface area contributed by atoms with Crippen LogP contribution in [-0.4, -0.2) is 15.9 Å². The van der Waals surface area contributed by atoms with E-state index in [2.05, 4.69) is 42.3 Å². The maximum absolute atomic E-state index is 13.3. The molecule has 1 N–H and O–H groups in total. The molecule has 30 heavy (non-hydrogen) atoms. The number of hydrogen-bond acceptors (Lipinski definition) is 4. The number of para-hydroxylation sites is 2. The molecule has 3 aromatic carbocycles. The lowest BCUT2D eigenvalue weighted by atomic mass is 9.99. The predicted molar refractivity (Wildman–Crippen MR) is 124 cm³/mol. The van der Waals surface area contributed by atoms with Crippen molar-refractivity contribution in [3.8, 4) is 11.3 Å². The van der Waals surface area contributed by atoms with Crippen molar-refractivity contribution in [1.82, 2.24) is 9.97 Å². The van der Waals surface area contributed by atoms with Crippen LogP contribution in [0.1, 0.15) is 21.5 Å². The second-order valence-electron chi connectivity index (χ2n) is 7.33. The monoisotopic (exact) mass is 409 g/mol. The Bertz CT molecular complexity index is 1390. The Labute approximate surface area is 178 Å². The molecular formula is C25H19N3OS. The third kappa shape index (κ3) is 3.33. The van der Waals surface area contributed by atoms with Crippen LogP contribution in [0.15, 0.2) is 72.8 Å². The second kappa shape index (κ2) is 7.35. The Morgan fingerprint density at radius 2 is 1.63 bits per heavy atom. The van der Waals surface area contributed by atoms with Crippen molar-refractivity contribution in [1.29, 1.82) is 0 Å². The lowest BCUT2D eigenvalue weighted by Crippen LogP contribution is -2.13. The highest BCUT2D eigenvalue weighted by molar-refractivity contribution is 7.22. The Morgan fingerprint density at radius 3 is 2.43 bits per heavy atom. The third-order valence-corrected chi connectivity index (χ3v) is 6.08. The van der Waals surface area contributed by atoms with Crippen molar-refractivity contribution in [2.24, 2.45) is 0 Å². The Kier molecular flexibility index (Phi) is 4.52. The standard InChI is InChI=1S/C25H19N3OS/c1-15-11-12-17(16(2)13-15)22-14-19(18-7-3-4-8-20(18)26-22)24(29)28-25-27-21-9-5-6-10-23(21)30-25/h3-14H,1-2H3,(H,27,28,29). The Balaban J connectivity index is 1.60. The zero-order valence-electron chi connectivity index (χ0n) is 16.6. The number of rotatable bonds is 3. The van der Waals surface area contributed by atoms with E-state index >= 15 is 0 Å². The highest BCUT2D eigenvalue weighted by Gasteiger charge is 2.16. The quantitative estimate of drug-likeness (QED) is 0.376. The number of anilines is 1. The van der Waals surface area contributed by atoms with E-state index in [4.69, 9.17) is 4.98 Å². The van der Waals surface area contributed by atoms with Crippen LogP contribution in [0.4, 0.5) is 5.13 Å². The van der Waals surface area contributed by atoms with Crippen LogP contribution in [0.2, 0.25) is 0 Å². The number of benzene rings is 3. The number of thiazole rings is 1. The van der Waals surface area contributed by atoms with Gasteiger partial charge < -0.3 is 0 Å². The molecule has 0 aliphatic carbocycles. The Hall–Kier alpha value is -3.57. The van der Waals surface area contributed by atoms with Gasteiger partial charge in [-0.3, -0.25) is 10.1 Å². The van der Waals surface area contributed by atoms with Gasteiger partial charge in [-0.15, -0.1) is 0 Å². The number of nitrogens with zero attached hydrogens (tertiary/aromatic N) is 2. The van der Waals surface area contributed by atoms with Gasteiger partial charge in [0, 0.05) is 10.9 Å². The number of nitrogens with one attached hydrogen (secondary N) is 1. The van der Waals surface area contributed by atoms with E-state index in [1.807, 2.05) is 54.6 Å². The molecule has 0 unspecified atom stereocenters. The lowest BCUT2D eigenvalue weighted by molar-refractivity contribution is 0.102. The zero-order valence-corrected chi connectivity index (χ0v) is 17.5. The third-order valence-electron chi connectivity index (χ3n) is 5.13. The van der Waals surface area contributed by atoms with Gasteiger partial charge in [-0.25, -0.2) is 9.97 Å².